The Balaban J connectivity index is 2.68. The van der Waals surface area contributed by atoms with Crippen LogP contribution in [0.15, 0.2) is 12.1 Å². The summed E-state index contributed by atoms with van der Waals surface area (Å²) in [6.07, 6.45) is 0. The Kier molecular flexibility index (Phi) is 4.28. The quantitative estimate of drug-likeness (QED) is 0.816. The monoisotopic (exact) mass is 265 g/mol. The summed E-state index contributed by atoms with van der Waals surface area (Å²) in [6, 6.07) is 1.59. The molecule has 0 aliphatic carbocycles. The number of sulfone groups is 1. The maximum atomic E-state index is 13.2. The Bertz CT molecular complexity index is 503. The van der Waals surface area contributed by atoms with Gasteiger partial charge in [0.05, 0.1) is 11.4 Å². The lowest BCUT2D eigenvalue weighted by atomic mass is 10.3. The van der Waals surface area contributed by atoms with E-state index >= 15 is 0 Å². The highest BCUT2D eigenvalue weighted by Crippen LogP contribution is 2.22. The van der Waals surface area contributed by atoms with Crippen LogP contribution in [0.4, 0.5) is 14.5 Å². The number of nitrogen functional groups attached to an aromatic ring is 1. The zero-order valence-corrected chi connectivity index (χ0v) is 10.1. The first-order valence-corrected chi connectivity index (χ1v) is 6.75. The lowest BCUT2D eigenvalue weighted by molar-refractivity contribution is 0.320. The largest absolute Gasteiger partial charge is 0.489 e. The Morgan fingerprint density at radius 2 is 1.94 bits per heavy atom. The molecule has 1 aromatic rings. The topological polar surface area (TPSA) is 69.4 Å². The number of benzene rings is 1. The molecule has 0 heterocycles. The maximum Gasteiger partial charge on any atom is 0.167 e. The predicted molar refractivity (Wildman–Crippen MR) is 60.6 cm³/mol. The van der Waals surface area contributed by atoms with Crippen LogP contribution in [0.5, 0.6) is 5.75 Å². The van der Waals surface area contributed by atoms with Gasteiger partial charge < -0.3 is 10.5 Å². The van der Waals surface area contributed by atoms with Crippen LogP contribution in [-0.2, 0) is 9.84 Å². The van der Waals surface area contributed by atoms with E-state index in [1.807, 2.05) is 0 Å². The molecular weight excluding hydrogens is 252 g/mol. The van der Waals surface area contributed by atoms with Crippen LogP contribution < -0.4 is 10.5 Å². The van der Waals surface area contributed by atoms with Crippen LogP contribution in [0, 0.1) is 11.6 Å². The van der Waals surface area contributed by atoms with Gasteiger partial charge in [-0.15, -0.1) is 0 Å². The first-order valence-electron chi connectivity index (χ1n) is 4.93. The molecule has 96 valence electrons. The molecule has 0 fully saturated rings. The third kappa shape index (κ3) is 3.85. The van der Waals surface area contributed by atoms with E-state index in [0.29, 0.717) is 0 Å². The Labute approximate surface area is 98.3 Å². The number of hydrogen-bond acceptors (Lipinski definition) is 4. The van der Waals surface area contributed by atoms with Gasteiger partial charge in [-0.05, 0) is 0 Å². The van der Waals surface area contributed by atoms with E-state index in [-0.39, 0.29) is 29.5 Å². The molecule has 0 bridgehead atoms. The lowest BCUT2D eigenvalue weighted by Crippen LogP contribution is -2.16. The summed E-state index contributed by atoms with van der Waals surface area (Å²) in [5.41, 5.74) is 4.82. The van der Waals surface area contributed by atoms with Crippen molar-refractivity contribution in [1.29, 1.82) is 0 Å². The van der Waals surface area contributed by atoms with Gasteiger partial charge in [0, 0.05) is 17.9 Å². The maximum absolute atomic E-state index is 13.2. The van der Waals surface area contributed by atoms with Crippen LogP contribution in [0.2, 0.25) is 0 Å². The standard InChI is InChI=1S/C10H13F2NO3S/c1-2-17(14,15)4-3-16-10-6-7(11)9(13)5-8(10)12/h5-6H,2-4,13H2,1H3. The van der Waals surface area contributed by atoms with Crippen LogP contribution in [0.3, 0.4) is 0 Å². The molecule has 0 spiro atoms. The van der Waals surface area contributed by atoms with E-state index in [4.69, 9.17) is 10.5 Å². The molecular formula is C10H13F2NO3S. The second-order valence-corrected chi connectivity index (χ2v) is 5.86. The van der Waals surface area contributed by atoms with Crippen molar-refractivity contribution in [2.75, 3.05) is 23.8 Å². The van der Waals surface area contributed by atoms with E-state index in [1.165, 1.54) is 6.92 Å². The molecule has 0 aromatic heterocycles. The summed E-state index contributed by atoms with van der Waals surface area (Å²) in [4.78, 5) is 0. The lowest BCUT2D eigenvalue weighted by Gasteiger charge is -2.08. The summed E-state index contributed by atoms with van der Waals surface area (Å²) in [6.45, 7) is 1.27. The van der Waals surface area contributed by atoms with Gasteiger partial charge in [0.2, 0.25) is 0 Å². The number of nitrogens with two attached hydrogens (primary N) is 1. The molecule has 17 heavy (non-hydrogen) atoms. The Hall–Kier alpha value is -1.37. The van der Waals surface area contributed by atoms with Gasteiger partial charge in [-0.25, -0.2) is 17.2 Å². The summed E-state index contributed by atoms with van der Waals surface area (Å²) in [7, 11) is -3.19. The molecule has 0 saturated heterocycles. The van der Waals surface area contributed by atoms with E-state index < -0.39 is 21.5 Å². The molecule has 2 N–H and O–H groups in total. The average Bonchev–Trinajstić information content (AvgIpc) is 2.25. The fourth-order valence-corrected chi connectivity index (χ4v) is 1.70. The highest BCUT2D eigenvalue weighted by Gasteiger charge is 2.11. The second kappa shape index (κ2) is 5.31. The van der Waals surface area contributed by atoms with Crippen molar-refractivity contribution in [3.8, 4) is 5.75 Å². The highest BCUT2D eigenvalue weighted by atomic mass is 32.2. The Morgan fingerprint density at radius 3 is 2.53 bits per heavy atom. The molecule has 7 heteroatoms. The zero-order valence-electron chi connectivity index (χ0n) is 9.24. The number of hydrogen-bond donors (Lipinski definition) is 1. The highest BCUT2D eigenvalue weighted by molar-refractivity contribution is 7.91. The van der Waals surface area contributed by atoms with Crippen molar-refractivity contribution in [3.05, 3.63) is 23.8 Å². The molecule has 0 atom stereocenters. The van der Waals surface area contributed by atoms with Gasteiger partial charge in [-0.1, -0.05) is 6.92 Å². The first kappa shape index (κ1) is 13.7. The summed E-state index contributed by atoms with van der Waals surface area (Å²) >= 11 is 0. The average molecular weight is 265 g/mol. The molecule has 0 saturated carbocycles. The van der Waals surface area contributed by atoms with E-state index in [2.05, 4.69) is 0 Å². The zero-order chi connectivity index (χ0) is 13.1. The van der Waals surface area contributed by atoms with Crippen LogP contribution in [0.25, 0.3) is 0 Å². The minimum atomic E-state index is -3.19. The van der Waals surface area contributed by atoms with Gasteiger partial charge in [0.1, 0.15) is 12.4 Å². The SMILES string of the molecule is CCS(=O)(=O)CCOc1cc(F)c(N)cc1F. The fourth-order valence-electron chi connectivity index (χ4n) is 1.08. The number of halogens is 2. The normalized spacial score (nSPS) is 11.5. The molecule has 1 aromatic carbocycles. The molecule has 0 radical (unpaired) electrons. The van der Waals surface area contributed by atoms with E-state index in [1.54, 1.807) is 0 Å². The smallest absolute Gasteiger partial charge is 0.167 e. The number of ether oxygens (including phenoxy) is 1. The third-order valence-corrected chi connectivity index (χ3v) is 3.81. The van der Waals surface area contributed by atoms with Gasteiger partial charge in [-0.3, -0.25) is 0 Å². The first-order chi connectivity index (χ1) is 7.85. The van der Waals surface area contributed by atoms with Gasteiger partial charge >= 0.3 is 0 Å². The van der Waals surface area contributed by atoms with E-state index in [9.17, 15) is 17.2 Å². The molecule has 0 aliphatic rings. The van der Waals surface area contributed by atoms with Crippen LogP contribution in [-0.4, -0.2) is 26.5 Å². The van der Waals surface area contributed by atoms with Crippen LogP contribution >= 0.6 is 0 Å². The summed E-state index contributed by atoms with van der Waals surface area (Å²) in [5, 5.41) is 0. The number of rotatable bonds is 5. The van der Waals surface area contributed by atoms with Crippen molar-refractivity contribution < 1.29 is 21.9 Å². The molecule has 0 amide bonds. The third-order valence-electron chi connectivity index (χ3n) is 2.14. The number of anilines is 1. The van der Waals surface area contributed by atoms with Gasteiger partial charge in [0.25, 0.3) is 0 Å². The summed E-state index contributed by atoms with van der Waals surface area (Å²) < 4.78 is 53.3. The second-order valence-electron chi connectivity index (χ2n) is 3.39. The molecule has 0 unspecified atom stereocenters. The van der Waals surface area contributed by atoms with Crippen molar-refractivity contribution >= 4 is 15.5 Å². The summed E-state index contributed by atoms with van der Waals surface area (Å²) in [5.74, 6) is -2.23. The van der Waals surface area contributed by atoms with Crippen molar-refractivity contribution in [3.63, 3.8) is 0 Å². The minimum absolute atomic E-state index is 0.0189. The predicted octanol–water partition coefficient (Wildman–Crippen LogP) is 1.36. The molecule has 0 aliphatic heterocycles. The Morgan fingerprint density at radius 1 is 1.29 bits per heavy atom. The van der Waals surface area contributed by atoms with Gasteiger partial charge in [-0.2, -0.15) is 0 Å². The van der Waals surface area contributed by atoms with Crippen molar-refractivity contribution in [2.45, 2.75) is 6.92 Å². The fraction of sp³-hybridized carbons (Fsp3) is 0.400. The molecule has 4 nitrogen and oxygen atoms in total. The van der Waals surface area contributed by atoms with Crippen molar-refractivity contribution in [2.24, 2.45) is 0 Å². The van der Waals surface area contributed by atoms with Gasteiger partial charge in [0.15, 0.2) is 21.4 Å². The van der Waals surface area contributed by atoms with E-state index in [0.717, 1.165) is 12.1 Å². The van der Waals surface area contributed by atoms with Crippen molar-refractivity contribution in [1.82, 2.24) is 0 Å². The minimum Gasteiger partial charge on any atom is -0.489 e. The molecule has 1 rings (SSSR count). The van der Waals surface area contributed by atoms with Crippen LogP contribution in [0.1, 0.15) is 6.92 Å².